The van der Waals surface area contributed by atoms with Crippen LogP contribution in [0, 0.1) is 5.92 Å². The highest BCUT2D eigenvalue weighted by Gasteiger charge is 2.37. The van der Waals surface area contributed by atoms with Gasteiger partial charge in [-0.2, -0.15) is 11.8 Å². The lowest BCUT2D eigenvalue weighted by molar-refractivity contribution is 0.264. The van der Waals surface area contributed by atoms with Crippen LogP contribution in [0.5, 0.6) is 0 Å². The number of rotatable bonds is 4. The van der Waals surface area contributed by atoms with Crippen LogP contribution in [-0.2, 0) is 9.84 Å². The van der Waals surface area contributed by atoms with Gasteiger partial charge in [-0.1, -0.05) is 6.42 Å². The molecule has 0 aromatic rings. The molecule has 0 amide bonds. The molecule has 0 aromatic carbocycles. The van der Waals surface area contributed by atoms with Crippen LogP contribution in [0.4, 0.5) is 0 Å². The summed E-state index contributed by atoms with van der Waals surface area (Å²) in [4.78, 5) is 0. The van der Waals surface area contributed by atoms with Gasteiger partial charge in [0.05, 0.1) is 5.25 Å². The zero-order chi connectivity index (χ0) is 13.2. The van der Waals surface area contributed by atoms with E-state index in [1.165, 1.54) is 24.9 Å². The molecule has 6 heteroatoms. The Morgan fingerprint density at radius 2 is 2.06 bits per heavy atom. The minimum atomic E-state index is -2.90. The van der Waals surface area contributed by atoms with Crippen LogP contribution in [0.25, 0.3) is 0 Å². The molecule has 18 heavy (non-hydrogen) atoms. The highest BCUT2D eigenvalue weighted by atomic mass is 32.2. The molecule has 1 aliphatic heterocycles. The summed E-state index contributed by atoms with van der Waals surface area (Å²) in [5.41, 5.74) is 2.97. The lowest BCUT2D eigenvalue weighted by Crippen LogP contribution is -2.49. The lowest BCUT2D eigenvalue weighted by atomic mass is 9.82. The van der Waals surface area contributed by atoms with E-state index < -0.39 is 9.84 Å². The molecule has 2 rings (SSSR count). The third-order valence-corrected chi connectivity index (χ3v) is 7.46. The maximum Gasteiger partial charge on any atom is 0.150 e. The number of sulfone groups is 1. The van der Waals surface area contributed by atoms with Gasteiger partial charge >= 0.3 is 0 Å². The number of hydrogen-bond acceptors (Lipinski definition) is 5. The highest BCUT2D eigenvalue weighted by molar-refractivity contribution is 8.00. The Hall–Kier alpha value is 0.220. The van der Waals surface area contributed by atoms with E-state index in [2.05, 4.69) is 5.43 Å². The van der Waals surface area contributed by atoms with Crippen molar-refractivity contribution in [2.45, 2.75) is 55.1 Å². The normalized spacial score (nSPS) is 35.6. The molecule has 106 valence electrons. The average molecular weight is 292 g/mol. The Labute approximate surface area is 114 Å². The van der Waals surface area contributed by atoms with E-state index >= 15 is 0 Å². The third kappa shape index (κ3) is 3.40. The summed E-state index contributed by atoms with van der Waals surface area (Å²) < 4.78 is 23.4. The van der Waals surface area contributed by atoms with Crippen LogP contribution in [0.2, 0.25) is 0 Å². The quantitative estimate of drug-likeness (QED) is 0.604. The average Bonchev–Trinajstić information content (AvgIpc) is 2.83. The zero-order valence-electron chi connectivity index (χ0n) is 11.0. The molecular weight excluding hydrogens is 268 g/mol. The molecule has 2 aliphatic rings. The van der Waals surface area contributed by atoms with Crippen LogP contribution >= 0.6 is 11.8 Å². The molecule has 4 atom stereocenters. The molecule has 2 fully saturated rings. The minimum Gasteiger partial charge on any atom is -0.271 e. The highest BCUT2D eigenvalue weighted by Crippen LogP contribution is 2.37. The van der Waals surface area contributed by atoms with Crippen molar-refractivity contribution >= 4 is 21.6 Å². The second-order valence-electron chi connectivity index (χ2n) is 5.62. The van der Waals surface area contributed by atoms with Crippen molar-refractivity contribution in [3.63, 3.8) is 0 Å². The second-order valence-corrected chi connectivity index (χ2v) is 9.29. The maximum absolute atomic E-state index is 11.7. The summed E-state index contributed by atoms with van der Waals surface area (Å²) in [5.74, 6) is 7.35. The Morgan fingerprint density at radius 1 is 1.28 bits per heavy atom. The number of nitrogens with one attached hydrogen (secondary N) is 1. The molecule has 3 N–H and O–H groups in total. The van der Waals surface area contributed by atoms with Gasteiger partial charge in [0.15, 0.2) is 0 Å². The van der Waals surface area contributed by atoms with Crippen molar-refractivity contribution in [2.24, 2.45) is 11.8 Å². The van der Waals surface area contributed by atoms with Gasteiger partial charge in [-0.15, -0.1) is 0 Å². The van der Waals surface area contributed by atoms with Crippen molar-refractivity contribution in [1.82, 2.24) is 5.43 Å². The molecule has 0 radical (unpaired) electrons. The first-order chi connectivity index (χ1) is 8.52. The van der Waals surface area contributed by atoms with E-state index in [-0.39, 0.29) is 11.3 Å². The van der Waals surface area contributed by atoms with Gasteiger partial charge in [0.2, 0.25) is 0 Å². The monoisotopic (exact) mass is 292 g/mol. The molecule has 4 nitrogen and oxygen atoms in total. The zero-order valence-corrected chi connectivity index (χ0v) is 12.6. The number of thioether (sulfide) groups is 1. The van der Waals surface area contributed by atoms with E-state index in [9.17, 15) is 8.42 Å². The van der Waals surface area contributed by atoms with E-state index in [4.69, 9.17) is 5.84 Å². The Morgan fingerprint density at radius 3 is 2.61 bits per heavy atom. The predicted molar refractivity (Wildman–Crippen MR) is 77.2 cm³/mol. The summed E-state index contributed by atoms with van der Waals surface area (Å²) >= 11 is 1.99. The standard InChI is InChI=1S/C12H24N2O2S2/c1-18(15,16)10-5-2-4-9(8-10)12(14-13)11-6-3-7-17-11/h9-12,14H,2-8,13H2,1H3. The van der Waals surface area contributed by atoms with Crippen molar-refractivity contribution < 1.29 is 8.42 Å². The molecule has 4 unspecified atom stereocenters. The first-order valence-corrected chi connectivity index (χ1v) is 9.79. The molecule has 0 spiro atoms. The smallest absolute Gasteiger partial charge is 0.150 e. The van der Waals surface area contributed by atoms with Gasteiger partial charge in [-0.05, 0) is 43.8 Å². The van der Waals surface area contributed by atoms with Crippen molar-refractivity contribution in [2.75, 3.05) is 12.0 Å². The minimum absolute atomic E-state index is 0.154. The van der Waals surface area contributed by atoms with Crippen LogP contribution in [0.15, 0.2) is 0 Å². The molecule has 1 saturated carbocycles. The fourth-order valence-corrected chi connectivity index (χ4v) is 6.00. The molecule has 1 saturated heterocycles. The second kappa shape index (κ2) is 6.11. The molecular formula is C12H24N2O2S2. The van der Waals surface area contributed by atoms with Crippen LogP contribution in [0.1, 0.15) is 38.5 Å². The van der Waals surface area contributed by atoms with Crippen LogP contribution < -0.4 is 11.3 Å². The van der Waals surface area contributed by atoms with Gasteiger partial charge in [-0.25, -0.2) is 8.42 Å². The molecule has 1 aliphatic carbocycles. The Balaban J connectivity index is 2.02. The number of hydrogen-bond donors (Lipinski definition) is 2. The third-order valence-electron chi connectivity index (χ3n) is 4.34. The van der Waals surface area contributed by atoms with E-state index in [0.29, 0.717) is 11.2 Å². The first-order valence-electron chi connectivity index (χ1n) is 6.79. The fourth-order valence-electron chi connectivity index (χ4n) is 3.33. The number of nitrogens with two attached hydrogens (primary N) is 1. The van der Waals surface area contributed by atoms with Crippen molar-refractivity contribution in [1.29, 1.82) is 0 Å². The van der Waals surface area contributed by atoms with Gasteiger partial charge in [0, 0.05) is 17.5 Å². The summed E-state index contributed by atoms with van der Waals surface area (Å²) in [7, 11) is -2.90. The lowest BCUT2D eigenvalue weighted by Gasteiger charge is -2.36. The largest absolute Gasteiger partial charge is 0.271 e. The van der Waals surface area contributed by atoms with Crippen LogP contribution in [0.3, 0.4) is 0 Å². The first kappa shape index (κ1) is 14.6. The van der Waals surface area contributed by atoms with Gasteiger partial charge < -0.3 is 0 Å². The van der Waals surface area contributed by atoms with E-state index in [1.807, 2.05) is 11.8 Å². The summed E-state index contributed by atoms with van der Waals surface area (Å²) in [6, 6.07) is 0.280. The van der Waals surface area contributed by atoms with Gasteiger partial charge in [-0.3, -0.25) is 11.3 Å². The SMILES string of the molecule is CS(=O)(=O)C1CCCC(C(NN)C2CCCS2)C1. The van der Waals surface area contributed by atoms with Crippen LogP contribution in [-0.4, -0.2) is 37.0 Å². The summed E-state index contributed by atoms with van der Waals surface area (Å²) in [6.45, 7) is 0. The predicted octanol–water partition coefficient (Wildman–Crippen LogP) is 1.32. The van der Waals surface area contributed by atoms with Crippen molar-refractivity contribution in [3.8, 4) is 0 Å². The Kier molecular flexibility index (Phi) is 4.97. The topological polar surface area (TPSA) is 72.2 Å². The Bertz CT molecular complexity index is 366. The maximum atomic E-state index is 11.7. The van der Waals surface area contributed by atoms with E-state index in [0.717, 1.165) is 25.7 Å². The summed E-state index contributed by atoms with van der Waals surface area (Å²) in [5, 5.41) is 0.414. The van der Waals surface area contributed by atoms with Gasteiger partial charge in [0.25, 0.3) is 0 Å². The molecule has 1 heterocycles. The molecule has 0 bridgehead atoms. The fraction of sp³-hybridized carbons (Fsp3) is 1.00. The summed E-state index contributed by atoms with van der Waals surface area (Å²) in [6.07, 6.45) is 7.57. The van der Waals surface area contributed by atoms with Gasteiger partial charge in [0.1, 0.15) is 9.84 Å². The van der Waals surface area contributed by atoms with E-state index in [1.54, 1.807) is 0 Å². The number of hydrazine groups is 1. The molecule has 0 aromatic heterocycles. The van der Waals surface area contributed by atoms with Crippen molar-refractivity contribution in [3.05, 3.63) is 0 Å².